The topological polar surface area (TPSA) is 58.8 Å². The molecule has 1 aliphatic heterocycles. The van der Waals surface area contributed by atoms with Gasteiger partial charge < -0.3 is 20.3 Å². The van der Waals surface area contributed by atoms with Crippen molar-refractivity contribution >= 4 is 34.4 Å². The van der Waals surface area contributed by atoms with E-state index in [4.69, 9.17) is 10.5 Å². The van der Waals surface area contributed by atoms with Crippen molar-refractivity contribution in [2.45, 2.75) is 46.8 Å². The number of nitrogens with two attached hydrogens (primary N) is 1. The number of ether oxygens (including phenoxy) is 1. The number of anilines is 1. The number of amides is 1. The van der Waals surface area contributed by atoms with Gasteiger partial charge in [0.15, 0.2) is 0 Å². The summed E-state index contributed by atoms with van der Waals surface area (Å²) >= 11 is 2.37. The van der Waals surface area contributed by atoms with Crippen LogP contribution in [-0.4, -0.2) is 42.8 Å². The van der Waals surface area contributed by atoms with Crippen LogP contribution in [0.3, 0.4) is 0 Å². The lowest BCUT2D eigenvalue weighted by atomic mass is 10.0. The van der Waals surface area contributed by atoms with Crippen LogP contribution in [0, 0.1) is 17.4 Å². The number of benzene rings is 1. The van der Waals surface area contributed by atoms with Crippen molar-refractivity contribution in [3.8, 4) is 0 Å². The maximum absolute atomic E-state index is 12.2. The molecule has 0 bridgehead atoms. The van der Waals surface area contributed by atoms with E-state index in [0.717, 1.165) is 13.1 Å². The maximum Gasteiger partial charge on any atom is 0.410 e. The smallest absolute Gasteiger partial charge is 0.410 e. The predicted molar refractivity (Wildman–Crippen MR) is 107 cm³/mol. The van der Waals surface area contributed by atoms with Crippen LogP contribution < -0.4 is 10.6 Å². The molecule has 1 heterocycles. The SMILES string of the molecule is Cc1c(I)cc(CN)c(C)c1N1CCN(C(=O)OC(C)(C)C)CC1. The van der Waals surface area contributed by atoms with Gasteiger partial charge in [-0.25, -0.2) is 4.79 Å². The second-order valence-electron chi connectivity index (χ2n) is 7.27. The molecule has 0 radical (unpaired) electrons. The van der Waals surface area contributed by atoms with E-state index in [1.54, 1.807) is 4.90 Å². The first kappa shape index (κ1) is 19.3. The molecule has 0 unspecified atom stereocenters. The molecule has 1 fully saturated rings. The summed E-state index contributed by atoms with van der Waals surface area (Å²) in [6.45, 7) is 13.5. The Hall–Kier alpha value is -1.02. The third-order valence-electron chi connectivity index (χ3n) is 4.32. The minimum absolute atomic E-state index is 0.221. The Labute approximate surface area is 158 Å². The predicted octanol–water partition coefficient (Wildman–Crippen LogP) is 3.42. The van der Waals surface area contributed by atoms with Gasteiger partial charge in [0.05, 0.1) is 0 Å². The highest BCUT2D eigenvalue weighted by molar-refractivity contribution is 14.1. The van der Waals surface area contributed by atoms with Crippen molar-refractivity contribution in [1.29, 1.82) is 0 Å². The number of halogens is 1. The third-order valence-corrected chi connectivity index (χ3v) is 5.44. The van der Waals surface area contributed by atoms with Crippen LogP contribution >= 0.6 is 22.6 Å². The van der Waals surface area contributed by atoms with Gasteiger partial charge >= 0.3 is 6.09 Å². The first-order valence-corrected chi connectivity index (χ1v) is 9.43. The van der Waals surface area contributed by atoms with E-state index < -0.39 is 5.60 Å². The molecule has 6 heteroatoms. The average Bonchev–Trinajstić information content (AvgIpc) is 2.50. The molecule has 0 aliphatic carbocycles. The van der Waals surface area contributed by atoms with Crippen molar-refractivity contribution in [1.82, 2.24) is 4.90 Å². The largest absolute Gasteiger partial charge is 0.444 e. The first-order chi connectivity index (χ1) is 11.1. The number of hydrogen-bond donors (Lipinski definition) is 1. The summed E-state index contributed by atoms with van der Waals surface area (Å²) in [5, 5.41) is 0. The number of piperazine rings is 1. The fraction of sp³-hybridized carbons (Fsp3) is 0.611. The Bertz CT molecular complexity index is 618. The molecule has 1 aliphatic rings. The van der Waals surface area contributed by atoms with Gasteiger partial charge in [-0.3, -0.25) is 0 Å². The standard InChI is InChI=1S/C18H28IN3O2/c1-12-14(11-20)10-15(19)13(2)16(12)21-6-8-22(9-7-21)17(23)24-18(3,4)5/h10H,6-9,11,20H2,1-5H3. The minimum atomic E-state index is -0.451. The van der Waals surface area contributed by atoms with Gasteiger partial charge in [-0.2, -0.15) is 0 Å². The van der Waals surface area contributed by atoms with E-state index in [2.05, 4.69) is 47.4 Å². The van der Waals surface area contributed by atoms with Crippen molar-refractivity contribution in [2.75, 3.05) is 31.1 Å². The van der Waals surface area contributed by atoms with Crippen molar-refractivity contribution in [2.24, 2.45) is 5.73 Å². The molecule has 0 aromatic heterocycles. The monoisotopic (exact) mass is 445 g/mol. The van der Waals surface area contributed by atoms with Crippen LogP contribution in [-0.2, 0) is 11.3 Å². The highest BCUT2D eigenvalue weighted by atomic mass is 127. The van der Waals surface area contributed by atoms with Crippen LogP contribution in [0.2, 0.25) is 0 Å². The van der Waals surface area contributed by atoms with E-state index in [9.17, 15) is 4.79 Å². The Morgan fingerprint density at radius 3 is 2.29 bits per heavy atom. The van der Waals surface area contributed by atoms with Crippen LogP contribution in [0.4, 0.5) is 10.5 Å². The summed E-state index contributed by atoms with van der Waals surface area (Å²) in [5.41, 5.74) is 10.4. The second kappa shape index (κ2) is 7.47. The van der Waals surface area contributed by atoms with Crippen molar-refractivity contribution in [3.63, 3.8) is 0 Å². The number of carbonyl (C=O) groups excluding carboxylic acids is 1. The zero-order valence-corrected chi connectivity index (χ0v) is 17.4. The molecule has 1 saturated heterocycles. The molecule has 24 heavy (non-hydrogen) atoms. The summed E-state index contributed by atoms with van der Waals surface area (Å²) in [7, 11) is 0. The fourth-order valence-corrected chi connectivity index (χ4v) is 3.67. The Morgan fingerprint density at radius 1 is 1.21 bits per heavy atom. The minimum Gasteiger partial charge on any atom is -0.444 e. The van der Waals surface area contributed by atoms with E-state index in [0.29, 0.717) is 19.6 Å². The van der Waals surface area contributed by atoms with E-state index in [-0.39, 0.29) is 6.09 Å². The summed E-state index contributed by atoms with van der Waals surface area (Å²) in [4.78, 5) is 16.4. The van der Waals surface area contributed by atoms with Crippen LogP contribution in [0.5, 0.6) is 0 Å². The fourth-order valence-electron chi connectivity index (χ4n) is 3.04. The lowest BCUT2D eigenvalue weighted by Gasteiger charge is -2.38. The van der Waals surface area contributed by atoms with Gasteiger partial charge in [0.2, 0.25) is 0 Å². The Morgan fingerprint density at radius 2 is 1.79 bits per heavy atom. The van der Waals surface area contributed by atoms with Crippen LogP contribution in [0.15, 0.2) is 6.07 Å². The summed E-state index contributed by atoms with van der Waals surface area (Å²) in [6, 6.07) is 2.17. The van der Waals surface area contributed by atoms with Gasteiger partial charge in [-0.05, 0) is 80.0 Å². The normalized spacial score (nSPS) is 15.6. The number of hydrogen-bond acceptors (Lipinski definition) is 4. The molecule has 2 rings (SSSR count). The highest BCUT2D eigenvalue weighted by Crippen LogP contribution is 2.32. The van der Waals surface area contributed by atoms with Gasteiger partial charge in [0, 0.05) is 42.0 Å². The molecule has 1 amide bonds. The summed E-state index contributed by atoms with van der Waals surface area (Å²) < 4.78 is 6.71. The van der Waals surface area contributed by atoms with Crippen LogP contribution in [0.25, 0.3) is 0 Å². The molecule has 1 aromatic rings. The summed E-state index contributed by atoms with van der Waals surface area (Å²) in [6.07, 6.45) is -0.221. The van der Waals surface area contributed by atoms with Crippen molar-refractivity contribution in [3.05, 3.63) is 26.3 Å². The zero-order chi connectivity index (χ0) is 18.1. The summed E-state index contributed by atoms with van der Waals surface area (Å²) in [5.74, 6) is 0. The van der Waals surface area contributed by atoms with Gasteiger partial charge in [0.25, 0.3) is 0 Å². The highest BCUT2D eigenvalue weighted by Gasteiger charge is 2.27. The Balaban J connectivity index is 2.13. The molecule has 2 N–H and O–H groups in total. The lowest BCUT2D eigenvalue weighted by Crippen LogP contribution is -2.50. The molecular formula is C18H28IN3O2. The van der Waals surface area contributed by atoms with Gasteiger partial charge in [-0.1, -0.05) is 0 Å². The second-order valence-corrected chi connectivity index (χ2v) is 8.44. The van der Waals surface area contributed by atoms with E-state index >= 15 is 0 Å². The molecule has 0 saturated carbocycles. The van der Waals surface area contributed by atoms with Crippen molar-refractivity contribution < 1.29 is 9.53 Å². The lowest BCUT2D eigenvalue weighted by molar-refractivity contribution is 0.0240. The molecule has 5 nitrogen and oxygen atoms in total. The quantitative estimate of drug-likeness (QED) is 0.709. The third kappa shape index (κ3) is 4.33. The van der Waals surface area contributed by atoms with E-state index in [1.165, 1.54) is 25.9 Å². The molecular weight excluding hydrogens is 417 g/mol. The molecule has 0 spiro atoms. The number of rotatable bonds is 2. The molecule has 0 atom stereocenters. The zero-order valence-electron chi connectivity index (χ0n) is 15.3. The Kier molecular flexibility index (Phi) is 6.01. The van der Waals surface area contributed by atoms with Gasteiger partial charge in [0.1, 0.15) is 5.60 Å². The van der Waals surface area contributed by atoms with Crippen LogP contribution in [0.1, 0.15) is 37.5 Å². The average molecular weight is 445 g/mol. The maximum atomic E-state index is 12.2. The molecule has 134 valence electrons. The van der Waals surface area contributed by atoms with E-state index in [1.807, 2.05) is 20.8 Å². The first-order valence-electron chi connectivity index (χ1n) is 8.35. The van der Waals surface area contributed by atoms with Gasteiger partial charge in [-0.15, -0.1) is 0 Å². The number of carbonyl (C=O) groups is 1. The molecule has 1 aromatic carbocycles. The number of nitrogens with zero attached hydrogens (tertiary/aromatic N) is 2.